The molecule has 0 aromatic carbocycles. The normalized spacial score (nSPS) is 28.0. The van der Waals surface area contributed by atoms with Crippen molar-refractivity contribution >= 4 is 40.3 Å². The number of nitrogens with one attached hydrogen (secondary N) is 4. The monoisotopic (exact) mass is 574 g/mol. The largest absolute Gasteiger partial charge is 0.394 e. The van der Waals surface area contributed by atoms with Crippen LogP contribution in [0.5, 0.6) is 0 Å². The highest BCUT2D eigenvalue weighted by Gasteiger charge is 2.46. The molecule has 0 spiro atoms. The first-order chi connectivity index (χ1) is 19.6. The molecule has 7 unspecified atom stereocenters. The minimum atomic E-state index is -1.38. The van der Waals surface area contributed by atoms with Crippen LogP contribution in [0, 0.1) is 0 Å². The van der Waals surface area contributed by atoms with E-state index in [9.17, 15) is 29.7 Å². The predicted molar refractivity (Wildman–Crippen MR) is 137 cm³/mol. The van der Waals surface area contributed by atoms with Gasteiger partial charge in [0.2, 0.25) is 11.9 Å². The van der Waals surface area contributed by atoms with Crippen LogP contribution in [-0.4, -0.2) is 104 Å². The summed E-state index contributed by atoms with van der Waals surface area (Å²) in [6, 6.07) is -1.81. The third-order valence-electron chi connectivity index (χ3n) is 7.01. The van der Waals surface area contributed by atoms with Crippen LogP contribution in [0.15, 0.2) is 22.2 Å². The number of H-pyrrole nitrogens is 2. The molecule has 2 aliphatic heterocycles. The van der Waals surface area contributed by atoms with E-state index in [1.165, 1.54) is 21.8 Å². The molecule has 41 heavy (non-hydrogen) atoms. The van der Waals surface area contributed by atoms with Crippen molar-refractivity contribution in [1.29, 1.82) is 0 Å². The Balaban J connectivity index is 1.10. The van der Waals surface area contributed by atoms with Gasteiger partial charge in [-0.25, -0.2) is 14.8 Å². The maximum absolute atomic E-state index is 12.7. The Kier molecular flexibility index (Phi) is 6.54. The van der Waals surface area contributed by atoms with Crippen molar-refractivity contribution in [1.82, 2.24) is 49.7 Å². The maximum atomic E-state index is 12.7. The molecule has 2 aliphatic rings. The summed E-state index contributed by atoms with van der Waals surface area (Å²) >= 11 is 0. The van der Waals surface area contributed by atoms with Crippen LogP contribution in [0.25, 0.3) is 22.3 Å². The van der Waals surface area contributed by atoms with E-state index < -0.39 is 66.7 Å². The second-order valence-corrected chi connectivity index (χ2v) is 9.60. The summed E-state index contributed by atoms with van der Waals surface area (Å²) in [4.78, 5) is 57.7. The molecule has 218 valence electrons. The Labute approximate surface area is 227 Å². The van der Waals surface area contributed by atoms with E-state index in [1.54, 1.807) is 0 Å². The number of aliphatic hydroxyl groups is 3. The number of rotatable bonds is 6. The molecule has 20 nitrogen and oxygen atoms in total. The number of carbonyl (C=O) groups is 1. The van der Waals surface area contributed by atoms with Crippen molar-refractivity contribution in [2.45, 2.75) is 49.3 Å². The summed E-state index contributed by atoms with van der Waals surface area (Å²) in [7, 11) is 0. The zero-order valence-corrected chi connectivity index (χ0v) is 21.0. The molecule has 6 heterocycles. The Bertz CT molecular complexity index is 1730. The molecule has 2 amide bonds. The second kappa shape index (κ2) is 10.1. The van der Waals surface area contributed by atoms with E-state index in [1.807, 2.05) is 0 Å². The number of amides is 2. The number of ether oxygens (including phenoxy) is 2. The van der Waals surface area contributed by atoms with Gasteiger partial charge in [0.25, 0.3) is 11.1 Å². The minimum absolute atomic E-state index is 0.0344. The number of hydrogen-bond donors (Lipinski definition) is 9. The lowest BCUT2D eigenvalue weighted by Gasteiger charge is -2.22. The SMILES string of the molecule is Nc1nc2c(ncn2C2CC(O)C(CNC(=O)NC3C(CO)OC(n4cnc5c(=O)[nH]c(N)nc54)C3O)O2)c(=O)[nH]1. The van der Waals surface area contributed by atoms with Gasteiger partial charge in [-0.15, -0.1) is 0 Å². The fraction of sp³-hybridized carbons (Fsp3) is 0.476. The van der Waals surface area contributed by atoms with E-state index in [0.29, 0.717) is 0 Å². The van der Waals surface area contributed by atoms with Crippen molar-refractivity contribution in [2.75, 3.05) is 24.6 Å². The van der Waals surface area contributed by atoms with Gasteiger partial charge in [0.1, 0.15) is 24.5 Å². The highest BCUT2D eigenvalue weighted by molar-refractivity contribution is 5.74. The van der Waals surface area contributed by atoms with Crippen molar-refractivity contribution in [3.63, 3.8) is 0 Å². The molecule has 20 heteroatoms. The Morgan fingerprint density at radius 1 is 1.00 bits per heavy atom. The fourth-order valence-corrected chi connectivity index (χ4v) is 5.06. The van der Waals surface area contributed by atoms with Crippen molar-refractivity contribution in [2.24, 2.45) is 0 Å². The standard InChI is InChI=1S/C21H26N12O8/c22-19-28-14-11(16(37)30-19)25-4-32(14)9-1-6(35)7(40-9)2-24-21(39)27-10-8(3-34)41-18(13(10)36)33-5-26-12-15(33)29-20(23)31-17(12)38/h4-10,13,18,34-36H,1-3H2,(H2,24,27,39)(H3,22,28,30,37)(H3,23,29,31,38). The number of fused-ring (bicyclic) bond motifs is 2. The van der Waals surface area contributed by atoms with Gasteiger partial charge in [-0.1, -0.05) is 0 Å². The third-order valence-corrected chi connectivity index (χ3v) is 7.01. The molecule has 6 rings (SSSR count). The van der Waals surface area contributed by atoms with Gasteiger partial charge < -0.3 is 46.9 Å². The van der Waals surface area contributed by atoms with Gasteiger partial charge in [0.05, 0.1) is 31.4 Å². The van der Waals surface area contributed by atoms with Crippen LogP contribution in [-0.2, 0) is 9.47 Å². The molecule has 2 fully saturated rings. The summed E-state index contributed by atoms with van der Waals surface area (Å²) < 4.78 is 14.4. The van der Waals surface area contributed by atoms with Gasteiger partial charge in [0, 0.05) is 13.0 Å². The van der Waals surface area contributed by atoms with Gasteiger partial charge in [0.15, 0.2) is 28.6 Å². The van der Waals surface area contributed by atoms with Gasteiger partial charge in [-0.05, 0) is 0 Å². The molecule has 7 atom stereocenters. The highest BCUT2D eigenvalue weighted by atomic mass is 16.5. The van der Waals surface area contributed by atoms with Gasteiger partial charge in [-0.2, -0.15) is 9.97 Å². The third kappa shape index (κ3) is 4.62. The van der Waals surface area contributed by atoms with Crippen molar-refractivity contribution in [3.8, 4) is 0 Å². The lowest BCUT2D eigenvalue weighted by molar-refractivity contribution is -0.0489. The van der Waals surface area contributed by atoms with E-state index in [0.717, 1.165) is 0 Å². The van der Waals surface area contributed by atoms with E-state index >= 15 is 0 Å². The number of nitrogen functional groups attached to an aromatic ring is 2. The summed E-state index contributed by atoms with van der Waals surface area (Å²) in [6.45, 7) is -0.672. The molecule has 0 saturated carbocycles. The second-order valence-electron chi connectivity index (χ2n) is 9.60. The molecule has 0 aliphatic carbocycles. The minimum Gasteiger partial charge on any atom is -0.394 e. The van der Waals surface area contributed by atoms with Crippen LogP contribution < -0.4 is 33.2 Å². The summed E-state index contributed by atoms with van der Waals surface area (Å²) in [5.74, 6) is -0.271. The maximum Gasteiger partial charge on any atom is 0.315 e. The average molecular weight is 575 g/mol. The average Bonchev–Trinajstić information content (AvgIpc) is 3.68. The molecule has 4 aromatic heterocycles. The van der Waals surface area contributed by atoms with Gasteiger partial charge >= 0.3 is 6.03 Å². The summed E-state index contributed by atoms with van der Waals surface area (Å²) in [6.07, 6.45) is -3.40. The number of nitrogens with two attached hydrogens (primary N) is 2. The van der Waals surface area contributed by atoms with Crippen molar-refractivity contribution in [3.05, 3.63) is 33.4 Å². The van der Waals surface area contributed by atoms with Crippen LogP contribution in [0.3, 0.4) is 0 Å². The number of anilines is 2. The summed E-state index contributed by atoms with van der Waals surface area (Å²) in [5.41, 5.74) is 10.4. The molecule has 0 bridgehead atoms. The molecule has 4 aromatic rings. The molecule has 0 radical (unpaired) electrons. The highest BCUT2D eigenvalue weighted by Crippen LogP contribution is 2.32. The molecular formula is C21H26N12O8. The molecule has 11 N–H and O–H groups in total. The topological polar surface area (TPSA) is 299 Å². The first-order valence-corrected chi connectivity index (χ1v) is 12.4. The van der Waals surface area contributed by atoms with E-state index in [2.05, 4.69) is 40.5 Å². The lowest BCUT2D eigenvalue weighted by Crippen LogP contribution is -2.53. The number of aromatic amines is 2. The molecule has 2 saturated heterocycles. The number of aromatic nitrogens is 8. The van der Waals surface area contributed by atoms with Crippen LogP contribution in [0.2, 0.25) is 0 Å². The van der Waals surface area contributed by atoms with Crippen LogP contribution >= 0.6 is 0 Å². The quantitative estimate of drug-likeness (QED) is 0.106. The zero-order chi connectivity index (χ0) is 29.0. The fourth-order valence-electron chi connectivity index (χ4n) is 5.06. The number of urea groups is 1. The van der Waals surface area contributed by atoms with Crippen LogP contribution in [0.1, 0.15) is 18.9 Å². The Morgan fingerprint density at radius 2 is 1.61 bits per heavy atom. The number of hydrogen-bond acceptors (Lipinski definition) is 14. The summed E-state index contributed by atoms with van der Waals surface area (Å²) in [5, 5.41) is 36.5. The van der Waals surface area contributed by atoms with E-state index in [-0.39, 0.29) is 47.2 Å². The predicted octanol–water partition coefficient (Wildman–Crippen LogP) is -4.02. The zero-order valence-electron chi connectivity index (χ0n) is 21.0. The smallest absolute Gasteiger partial charge is 0.315 e. The molecular weight excluding hydrogens is 548 g/mol. The number of nitrogens with zero attached hydrogens (tertiary/aromatic N) is 6. The first kappa shape index (κ1) is 26.6. The van der Waals surface area contributed by atoms with E-state index in [4.69, 9.17) is 20.9 Å². The Hall–Kier alpha value is -4.63. The number of imidazole rings is 2. The van der Waals surface area contributed by atoms with Crippen molar-refractivity contribution < 1.29 is 29.6 Å². The van der Waals surface area contributed by atoms with Gasteiger partial charge in [-0.3, -0.25) is 28.7 Å². The first-order valence-electron chi connectivity index (χ1n) is 12.4. The lowest BCUT2D eigenvalue weighted by atomic mass is 10.1. The van der Waals surface area contributed by atoms with Crippen LogP contribution in [0.4, 0.5) is 16.7 Å². The Morgan fingerprint density at radius 3 is 2.24 bits per heavy atom. The number of aliphatic hydroxyl groups excluding tert-OH is 3. The number of carbonyl (C=O) groups excluding carboxylic acids is 1.